The van der Waals surface area contributed by atoms with E-state index in [0.717, 1.165) is 39.0 Å². The van der Waals surface area contributed by atoms with Crippen molar-refractivity contribution in [3.05, 3.63) is 12.2 Å². The van der Waals surface area contributed by atoms with E-state index in [-0.39, 0.29) is 11.8 Å². The molecule has 0 spiro atoms. The van der Waals surface area contributed by atoms with Crippen LogP contribution in [0, 0.1) is 17.8 Å². The van der Waals surface area contributed by atoms with Gasteiger partial charge in [-0.05, 0) is 37.5 Å². The molecule has 0 aromatic carbocycles. The fourth-order valence-electron chi connectivity index (χ4n) is 2.95. The van der Waals surface area contributed by atoms with Crippen LogP contribution in [-0.4, -0.2) is 25.7 Å². The minimum atomic E-state index is 0.237. The molecule has 0 aromatic heterocycles. The number of ether oxygens (including phenoxy) is 1. The summed E-state index contributed by atoms with van der Waals surface area (Å²) in [7, 11) is 0. The van der Waals surface area contributed by atoms with Crippen LogP contribution in [0.15, 0.2) is 12.2 Å². The van der Waals surface area contributed by atoms with Crippen LogP contribution >= 0.6 is 0 Å². The number of unbranched alkanes of at least 4 members (excludes halogenated alkanes) is 1. The Hall–Kier alpha value is -0.830. The van der Waals surface area contributed by atoms with Crippen LogP contribution in [0.1, 0.15) is 39.0 Å². The first kappa shape index (κ1) is 13.6. The summed E-state index contributed by atoms with van der Waals surface area (Å²) in [5.74, 6) is 1.67. The van der Waals surface area contributed by atoms with Gasteiger partial charge < -0.3 is 10.1 Å². The van der Waals surface area contributed by atoms with Gasteiger partial charge in [0.25, 0.3) is 0 Å². The molecule has 3 atom stereocenters. The van der Waals surface area contributed by atoms with Crippen LogP contribution in [0.25, 0.3) is 0 Å². The van der Waals surface area contributed by atoms with Gasteiger partial charge in [-0.25, -0.2) is 0 Å². The number of amides is 1. The summed E-state index contributed by atoms with van der Waals surface area (Å²) in [5, 5.41) is 3.05. The van der Waals surface area contributed by atoms with Gasteiger partial charge in [-0.15, -0.1) is 0 Å². The van der Waals surface area contributed by atoms with Crippen molar-refractivity contribution < 1.29 is 9.53 Å². The summed E-state index contributed by atoms with van der Waals surface area (Å²) in [6, 6.07) is 0. The van der Waals surface area contributed by atoms with E-state index in [4.69, 9.17) is 4.74 Å². The summed E-state index contributed by atoms with van der Waals surface area (Å²) in [6.45, 7) is 4.52. The molecule has 0 aliphatic heterocycles. The number of hydrogen-bond acceptors (Lipinski definition) is 2. The summed E-state index contributed by atoms with van der Waals surface area (Å²) >= 11 is 0. The van der Waals surface area contributed by atoms with Crippen molar-refractivity contribution in [2.75, 3.05) is 19.8 Å². The van der Waals surface area contributed by atoms with E-state index < -0.39 is 0 Å². The normalized spacial score (nSPS) is 28.8. The molecule has 1 fully saturated rings. The molecule has 0 heterocycles. The van der Waals surface area contributed by atoms with Crippen LogP contribution in [0.3, 0.4) is 0 Å². The molecule has 102 valence electrons. The van der Waals surface area contributed by atoms with E-state index in [9.17, 15) is 4.79 Å². The predicted molar refractivity (Wildman–Crippen MR) is 72.2 cm³/mol. The van der Waals surface area contributed by atoms with Crippen LogP contribution in [0.4, 0.5) is 0 Å². The molecule has 1 saturated carbocycles. The van der Waals surface area contributed by atoms with Gasteiger partial charge in [-0.2, -0.15) is 0 Å². The van der Waals surface area contributed by atoms with Crippen LogP contribution in [0.2, 0.25) is 0 Å². The second kappa shape index (κ2) is 6.93. The second-order valence-corrected chi connectivity index (χ2v) is 5.50. The van der Waals surface area contributed by atoms with Crippen molar-refractivity contribution in [1.82, 2.24) is 5.32 Å². The Morgan fingerprint density at radius 2 is 2.11 bits per heavy atom. The number of hydrogen-bond donors (Lipinski definition) is 1. The Morgan fingerprint density at radius 3 is 2.78 bits per heavy atom. The molecular formula is C15H25NO2. The Bertz CT molecular complexity index is 301. The second-order valence-electron chi connectivity index (χ2n) is 5.50. The van der Waals surface area contributed by atoms with Crippen molar-refractivity contribution in [2.45, 2.75) is 39.0 Å². The average molecular weight is 251 g/mol. The largest absolute Gasteiger partial charge is 0.381 e. The number of nitrogens with one attached hydrogen (secondary N) is 1. The first-order valence-corrected chi connectivity index (χ1v) is 7.35. The van der Waals surface area contributed by atoms with E-state index in [1.54, 1.807) is 0 Å². The number of carbonyl (C=O) groups excluding carboxylic acids is 1. The van der Waals surface area contributed by atoms with E-state index in [1.807, 2.05) is 0 Å². The van der Waals surface area contributed by atoms with E-state index in [1.165, 1.54) is 12.8 Å². The Kier molecular flexibility index (Phi) is 5.24. The molecule has 0 saturated heterocycles. The zero-order valence-electron chi connectivity index (χ0n) is 11.4. The molecule has 0 aromatic rings. The summed E-state index contributed by atoms with van der Waals surface area (Å²) in [5.41, 5.74) is 0. The highest BCUT2D eigenvalue weighted by molar-refractivity contribution is 5.79. The summed E-state index contributed by atoms with van der Waals surface area (Å²) in [6.07, 6.45) is 9.98. The van der Waals surface area contributed by atoms with Gasteiger partial charge >= 0.3 is 0 Å². The Balaban J connectivity index is 1.52. The fourth-order valence-corrected chi connectivity index (χ4v) is 2.95. The van der Waals surface area contributed by atoms with E-state index >= 15 is 0 Å². The molecule has 18 heavy (non-hydrogen) atoms. The van der Waals surface area contributed by atoms with E-state index in [0.29, 0.717) is 11.8 Å². The number of rotatable bonds is 8. The van der Waals surface area contributed by atoms with Gasteiger partial charge in [0.2, 0.25) is 5.91 Å². The van der Waals surface area contributed by atoms with Gasteiger partial charge in [0, 0.05) is 25.7 Å². The van der Waals surface area contributed by atoms with Gasteiger partial charge in [0.1, 0.15) is 0 Å². The van der Waals surface area contributed by atoms with Crippen LogP contribution < -0.4 is 5.32 Å². The summed E-state index contributed by atoms with van der Waals surface area (Å²) in [4.78, 5) is 12.0. The molecule has 3 nitrogen and oxygen atoms in total. The zero-order valence-corrected chi connectivity index (χ0v) is 11.4. The lowest BCUT2D eigenvalue weighted by Crippen LogP contribution is -2.33. The van der Waals surface area contributed by atoms with Crippen molar-refractivity contribution in [3.8, 4) is 0 Å². The minimum absolute atomic E-state index is 0.237. The molecule has 2 bridgehead atoms. The van der Waals surface area contributed by atoms with Gasteiger partial charge in [0.05, 0.1) is 0 Å². The lowest BCUT2D eigenvalue weighted by atomic mass is 9.93. The molecular weight excluding hydrogens is 226 g/mol. The maximum absolute atomic E-state index is 12.0. The third-order valence-electron chi connectivity index (χ3n) is 4.02. The van der Waals surface area contributed by atoms with Gasteiger partial charge in [0.15, 0.2) is 0 Å². The number of allylic oxidation sites excluding steroid dienone is 2. The van der Waals surface area contributed by atoms with E-state index in [2.05, 4.69) is 24.4 Å². The molecule has 1 N–H and O–H groups in total. The molecule has 2 aliphatic rings. The smallest absolute Gasteiger partial charge is 0.223 e. The third-order valence-corrected chi connectivity index (χ3v) is 4.02. The third kappa shape index (κ3) is 3.58. The highest BCUT2D eigenvalue weighted by atomic mass is 16.5. The first-order valence-electron chi connectivity index (χ1n) is 7.35. The molecule has 0 radical (unpaired) electrons. The average Bonchev–Trinajstić information content (AvgIpc) is 2.99. The minimum Gasteiger partial charge on any atom is -0.381 e. The van der Waals surface area contributed by atoms with Gasteiger partial charge in [-0.1, -0.05) is 25.5 Å². The predicted octanol–water partition coefficient (Wildman–Crippen LogP) is 2.52. The SMILES string of the molecule is CCCCOCCCNC(=O)C1CC2C=CC1C2. The lowest BCUT2D eigenvalue weighted by Gasteiger charge is -2.17. The molecule has 2 rings (SSSR count). The van der Waals surface area contributed by atoms with Gasteiger partial charge in [-0.3, -0.25) is 4.79 Å². The van der Waals surface area contributed by atoms with Crippen molar-refractivity contribution >= 4 is 5.91 Å². The monoisotopic (exact) mass is 251 g/mol. The molecule has 3 heteroatoms. The fraction of sp³-hybridized carbons (Fsp3) is 0.800. The van der Waals surface area contributed by atoms with Crippen molar-refractivity contribution in [2.24, 2.45) is 17.8 Å². The Labute approximate surface area is 110 Å². The summed E-state index contributed by atoms with van der Waals surface area (Å²) < 4.78 is 5.47. The molecule has 3 unspecified atom stereocenters. The maximum Gasteiger partial charge on any atom is 0.223 e. The molecule has 1 amide bonds. The number of carbonyl (C=O) groups is 1. The number of fused-ring (bicyclic) bond motifs is 2. The quantitative estimate of drug-likeness (QED) is 0.532. The lowest BCUT2D eigenvalue weighted by molar-refractivity contribution is -0.125. The standard InChI is InChI=1S/C15H25NO2/c1-2-3-8-18-9-4-7-16-15(17)14-11-12-5-6-13(14)10-12/h5-6,12-14H,2-4,7-11H2,1H3,(H,16,17). The molecule has 2 aliphatic carbocycles. The van der Waals surface area contributed by atoms with Crippen LogP contribution in [-0.2, 0) is 9.53 Å². The Morgan fingerprint density at radius 1 is 1.28 bits per heavy atom. The first-order chi connectivity index (χ1) is 8.81. The van der Waals surface area contributed by atoms with Crippen molar-refractivity contribution in [3.63, 3.8) is 0 Å². The van der Waals surface area contributed by atoms with Crippen molar-refractivity contribution in [1.29, 1.82) is 0 Å². The highest BCUT2D eigenvalue weighted by Gasteiger charge is 2.39. The maximum atomic E-state index is 12.0. The zero-order chi connectivity index (χ0) is 12.8. The highest BCUT2D eigenvalue weighted by Crippen LogP contribution is 2.43. The topological polar surface area (TPSA) is 38.3 Å². The van der Waals surface area contributed by atoms with Crippen LogP contribution in [0.5, 0.6) is 0 Å².